The van der Waals surface area contributed by atoms with E-state index in [1.165, 1.54) is 10.8 Å². The number of nitrogens with one attached hydrogen (secondary N) is 1. The van der Waals surface area contributed by atoms with Gasteiger partial charge in [0.1, 0.15) is 0 Å². The topological polar surface area (TPSA) is 80.9 Å². The molecule has 5 heteroatoms. The molecule has 1 aromatic heterocycles. The van der Waals surface area contributed by atoms with Crippen molar-refractivity contribution >= 4 is 0 Å². The van der Waals surface area contributed by atoms with Crippen molar-refractivity contribution in [3.8, 4) is 5.69 Å². The van der Waals surface area contributed by atoms with E-state index in [4.69, 9.17) is 5.73 Å². The van der Waals surface area contributed by atoms with Gasteiger partial charge in [0.2, 0.25) is 0 Å². The lowest BCUT2D eigenvalue weighted by molar-refractivity contribution is 0.848. The van der Waals surface area contributed by atoms with E-state index in [1.54, 1.807) is 0 Å². The molecule has 1 aromatic carbocycles. The fourth-order valence-corrected chi connectivity index (χ4v) is 1.67. The zero-order valence-corrected chi connectivity index (χ0v) is 9.43. The summed E-state index contributed by atoms with van der Waals surface area (Å²) in [6.45, 7) is 2.00. The van der Waals surface area contributed by atoms with Crippen LogP contribution in [-0.2, 0) is 6.54 Å². The first kappa shape index (κ1) is 11.3. The molecule has 0 atom stereocenters. The number of benzene rings is 1. The summed E-state index contributed by atoms with van der Waals surface area (Å²) in [6.07, 6.45) is 1.49. The number of rotatable bonds is 2. The maximum atomic E-state index is 11.7. The van der Waals surface area contributed by atoms with Crippen molar-refractivity contribution in [1.82, 2.24) is 9.55 Å². The molecule has 0 fully saturated rings. The number of nitrogens with zero attached hydrogens (tertiary/aromatic N) is 1. The molecular formula is C12H13N3O2. The third-order valence-electron chi connectivity index (χ3n) is 2.61. The lowest BCUT2D eigenvalue weighted by Gasteiger charge is -2.09. The van der Waals surface area contributed by atoms with Crippen molar-refractivity contribution in [3.63, 3.8) is 0 Å². The van der Waals surface area contributed by atoms with Gasteiger partial charge in [0.05, 0.1) is 5.69 Å². The van der Waals surface area contributed by atoms with Crippen LogP contribution in [0.4, 0.5) is 0 Å². The summed E-state index contributed by atoms with van der Waals surface area (Å²) in [5, 5.41) is 0. The zero-order chi connectivity index (χ0) is 12.4. The van der Waals surface area contributed by atoms with Crippen LogP contribution in [0.1, 0.15) is 11.1 Å². The summed E-state index contributed by atoms with van der Waals surface area (Å²) in [4.78, 5) is 25.4. The highest BCUT2D eigenvalue weighted by Crippen LogP contribution is 2.10. The van der Waals surface area contributed by atoms with Crippen LogP contribution in [0.3, 0.4) is 0 Å². The lowest BCUT2D eigenvalue weighted by Crippen LogP contribution is -2.32. The van der Waals surface area contributed by atoms with Gasteiger partial charge in [-0.1, -0.05) is 18.2 Å². The van der Waals surface area contributed by atoms with Crippen LogP contribution in [0.25, 0.3) is 5.69 Å². The number of hydrogen-bond donors (Lipinski definition) is 2. The minimum absolute atomic E-state index is 0.0987. The van der Waals surface area contributed by atoms with Crippen LogP contribution in [0.2, 0.25) is 0 Å². The molecule has 5 nitrogen and oxygen atoms in total. The number of aromatic nitrogens is 2. The number of aryl methyl sites for hydroxylation is 1. The molecule has 0 aliphatic carbocycles. The monoisotopic (exact) mass is 231 g/mol. The SMILES string of the molecule is Cc1ccccc1-n1cc(CN)c(=O)[nH]c1=O. The van der Waals surface area contributed by atoms with Gasteiger partial charge < -0.3 is 5.73 Å². The van der Waals surface area contributed by atoms with E-state index < -0.39 is 11.2 Å². The van der Waals surface area contributed by atoms with Crippen LogP contribution in [-0.4, -0.2) is 9.55 Å². The Labute approximate surface area is 97.5 Å². The van der Waals surface area contributed by atoms with Gasteiger partial charge >= 0.3 is 5.69 Å². The summed E-state index contributed by atoms with van der Waals surface area (Å²) in [7, 11) is 0. The van der Waals surface area contributed by atoms with Crippen molar-refractivity contribution in [2.75, 3.05) is 0 Å². The fraction of sp³-hybridized carbons (Fsp3) is 0.167. The Kier molecular flexibility index (Phi) is 2.93. The van der Waals surface area contributed by atoms with Gasteiger partial charge in [0, 0.05) is 18.3 Å². The first-order valence-electron chi connectivity index (χ1n) is 5.24. The lowest BCUT2D eigenvalue weighted by atomic mass is 10.2. The number of aromatic amines is 1. The maximum absolute atomic E-state index is 11.7. The molecule has 0 bridgehead atoms. The smallest absolute Gasteiger partial charge is 0.326 e. The fourth-order valence-electron chi connectivity index (χ4n) is 1.67. The predicted molar refractivity (Wildman–Crippen MR) is 65.3 cm³/mol. The van der Waals surface area contributed by atoms with Gasteiger partial charge in [-0.2, -0.15) is 0 Å². The maximum Gasteiger partial charge on any atom is 0.332 e. The zero-order valence-electron chi connectivity index (χ0n) is 9.43. The summed E-state index contributed by atoms with van der Waals surface area (Å²) < 4.78 is 1.40. The first-order chi connectivity index (χ1) is 8.13. The molecule has 88 valence electrons. The van der Waals surface area contributed by atoms with Crippen molar-refractivity contribution in [2.45, 2.75) is 13.5 Å². The normalized spacial score (nSPS) is 10.5. The molecule has 1 heterocycles. The van der Waals surface area contributed by atoms with Gasteiger partial charge in [-0.15, -0.1) is 0 Å². The third kappa shape index (κ3) is 2.05. The largest absolute Gasteiger partial charge is 0.332 e. The van der Waals surface area contributed by atoms with E-state index in [-0.39, 0.29) is 6.54 Å². The second-order valence-electron chi connectivity index (χ2n) is 3.77. The Bertz CT molecular complexity index is 655. The average Bonchev–Trinajstić information content (AvgIpc) is 2.31. The number of hydrogen-bond acceptors (Lipinski definition) is 3. The van der Waals surface area contributed by atoms with Gasteiger partial charge in [-0.05, 0) is 18.6 Å². The molecule has 0 saturated carbocycles. The molecule has 2 rings (SSSR count). The third-order valence-corrected chi connectivity index (χ3v) is 2.61. The van der Waals surface area contributed by atoms with Crippen LogP contribution in [0, 0.1) is 6.92 Å². The molecule has 17 heavy (non-hydrogen) atoms. The van der Waals surface area contributed by atoms with E-state index in [0.29, 0.717) is 5.56 Å². The predicted octanol–water partition coefficient (Wildman–Crippen LogP) is 0.293. The number of nitrogens with two attached hydrogens (primary N) is 1. The van der Waals surface area contributed by atoms with Gasteiger partial charge in [0.25, 0.3) is 5.56 Å². The Morgan fingerprint density at radius 3 is 2.65 bits per heavy atom. The molecule has 2 aromatic rings. The van der Waals surface area contributed by atoms with Crippen LogP contribution in [0.15, 0.2) is 40.1 Å². The first-order valence-corrected chi connectivity index (χ1v) is 5.24. The van der Waals surface area contributed by atoms with Crippen molar-refractivity contribution in [1.29, 1.82) is 0 Å². The van der Waals surface area contributed by atoms with Crippen molar-refractivity contribution in [2.24, 2.45) is 5.73 Å². The number of H-pyrrole nitrogens is 1. The van der Waals surface area contributed by atoms with Gasteiger partial charge in [0.15, 0.2) is 0 Å². The van der Waals surface area contributed by atoms with Gasteiger partial charge in [-0.25, -0.2) is 4.79 Å². The minimum atomic E-state index is -0.457. The molecular weight excluding hydrogens is 218 g/mol. The molecule has 3 N–H and O–H groups in total. The summed E-state index contributed by atoms with van der Waals surface area (Å²) in [6, 6.07) is 7.44. The second kappa shape index (κ2) is 4.39. The summed E-state index contributed by atoms with van der Waals surface area (Å²) in [5.41, 5.74) is 6.64. The molecule has 0 unspecified atom stereocenters. The minimum Gasteiger partial charge on any atom is -0.326 e. The molecule has 0 radical (unpaired) electrons. The Morgan fingerprint density at radius 1 is 1.29 bits per heavy atom. The van der Waals surface area contributed by atoms with E-state index in [0.717, 1.165) is 11.3 Å². The van der Waals surface area contributed by atoms with E-state index in [9.17, 15) is 9.59 Å². The van der Waals surface area contributed by atoms with Crippen LogP contribution >= 0.6 is 0 Å². The highest BCUT2D eigenvalue weighted by molar-refractivity contribution is 5.40. The Morgan fingerprint density at radius 2 is 2.00 bits per heavy atom. The molecule has 0 saturated heterocycles. The van der Waals surface area contributed by atoms with E-state index in [2.05, 4.69) is 4.98 Å². The van der Waals surface area contributed by atoms with Crippen LogP contribution < -0.4 is 17.0 Å². The second-order valence-corrected chi connectivity index (χ2v) is 3.77. The summed E-state index contributed by atoms with van der Waals surface area (Å²) >= 11 is 0. The Hall–Kier alpha value is -2.14. The number of para-hydroxylation sites is 1. The molecule has 0 spiro atoms. The van der Waals surface area contributed by atoms with Crippen LogP contribution in [0.5, 0.6) is 0 Å². The van der Waals surface area contributed by atoms with Crippen molar-refractivity contribution in [3.05, 3.63) is 62.4 Å². The summed E-state index contributed by atoms with van der Waals surface area (Å²) in [5.74, 6) is 0. The quantitative estimate of drug-likeness (QED) is 0.779. The highest BCUT2D eigenvalue weighted by atomic mass is 16.2. The molecule has 0 amide bonds. The molecule has 0 aliphatic rings. The average molecular weight is 231 g/mol. The van der Waals surface area contributed by atoms with E-state index in [1.807, 2.05) is 31.2 Å². The van der Waals surface area contributed by atoms with E-state index >= 15 is 0 Å². The standard InChI is InChI=1S/C12H13N3O2/c1-8-4-2-3-5-10(8)15-7-9(6-13)11(16)14-12(15)17/h2-5,7H,6,13H2,1H3,(H,14,16,17). The molecule has 0 aliphatic heterocycles. The van der Waals surface area contributed by atoms with Crippen molar-refractivity contribution < 1.29 is 0 Å². The highest BCUT2D eigenvalue weighted by Gasteiger charge is 2.06. The van der Waals surface area contributed by atoms with Gasteiger partial charge in [-0.3, -0.25) is 14.3 Å². The Balaban J connectivity index is 2.73.